The molecule has 2 aromatic carbocycles. The van der Waals surface area contributed by atoms with Gasteiger partial charge in [-0.05, 0) is 62.7 Å². The van der Waals surface area contributed by atoms with Crippen molar-refractivity contribution in [2.75, 3.05) is 36.9 Å². The molecule has 4 fully saturated rings. The lowest BCUT2D eigenvalue weighted by atomic mass is 9.94. The van der Waals surface area contributed by atoms with Crippen LogP contribution in [0.25, 0.3) is 32.9 Å². The molecule has 5 aliphatic rings. The first-order chi connectivity index (χ1) is 22.6. The summed E-state index contributed by atoms with van der Waals surface area (Å²) < 4.78 is 59.1. The van der Waals surface area contributed by atoms with Gasteiger partial charge in [0, 0.05) is 47.2 Å². The second kappa shape index (κ2) is 10.1. The molecule has 4 saturated heterocycles. The van der Waals surface area contributed by atoms with E-state index in [1.807, 2.05) is 24.0 Å². The standard InChI is InChI=1S/C35H34F3N7O2/c1-3-19-6-4-7-20-12-21(39)13-23(25(19)20)28-27(36)29-26-31(45-14-22-8-9-24(40-22)30(45)18(2)47-32(26)41-28)43-33(42-29)46-17-34-10-5-11-44(34)16-35(37,38)15-34/h1,4,6-7,12-13,18,22,24,30,40H,5,8-11,14-17,39H2,2H3/t18-,22+,24-,30+,34+/m0/s1. The van der Waals surface area contributed by atoms with Gasteiger partial charge >= 0.3 is 6.01 Å². The molecule has 242 valence electrons. The Labute approximate surface area is 269 Å². The Hall–Kier alpha value is -4.34. The van der Waals surface area contributed by atoms with Crippen molar-refractivity contribution in [1.82, 2.24) is 25.2 Å². The second-order valence-corrected chi connectivity index (χ2v) is 13.8. The predicted octanol–water partition coefficient (Wildman–Crippen LogP) is 4.89. The fourth-order valence-corrected chi connectivity index (χ4v) is 8.96. The van der Waals surface area contributed by atoms with Crippen LogP contribution in [0, 0.1) is 18.2 Å². The Morgan fingerprint density at radius 1 is 1.19 bits per heavy atom. The lowest BCUT2D eigenvalue weighted by molar-refractivity contribution is 0.00803. The van der Waals surface area contributed by atoms with Crippen LogP contribution in [0.1, 0.15) is 44.6 Å². The Bertz CT molecular complexity index is 2020. The molecular formula is C35H34F3N7O2. The molecule has 0 amide bonds. The summed E-state index contributed by atoms with van der Waals surface area (Å²) in [6.07, 6.45) is 8.64. The summed E-state index contributed by atoms with van der Waals surface area (Å²) >= 11 is 0. The van der Waals surface area contributed by atoms with Crippen molar-refractivity contribution in [3.05, 3.63) is 41.7 Å². The predicted molar refractivity (Wildman–Crippen MR) is 172 cm³/mol. The third-order valence-electron chi connectivity index (χ3n) is 10.9. The number of pyridine rings is 1. The molecule has 0 saturated carbocycles. The van der Waals surface area contributed by atoms with E-state index >= 15 is 4.39 Å². The van der Waals surface area contributed by atoms with Crippen LogP contribution in [0.3, 0.4) is 0 Å². The Kier molecular flexibility index (Phi) is 6.19. The third kappa shape index (κ3) is 4.36. The first kappa shape index (κ1) is 28.8. The van der Waals surface area contributed by atoms with Gasteiger partial charge in [-0.3, -0.25) is 4.90 Å². The van der Waals surface area contributed by atoms with E-state index in [4.69, 9.17) is 31.6 Å². The van der Waals surface area contributed by atoms with Crippen LogP contribution in [-0.2, 0) is 0 Å². The van der Waals surface area contributed by atoms with Gasteiger partial charge in [0.2, 0.25) is 5.88 Å². The number of terminal acetylenes is 1. The van der Waals surface area contributed by atoms with Crippen molar-refractivity contribution in [3.8, 4) is 35.5 Å². The van der Waals surface area contributed by atoms with E-state index in [-0.39, 0.29) is 66.9 Å². The van der Waals surface area contributed by atoms with Crippen LogP contribution >= 0.6 is 0 Å². The van der Waals surface area contributed by atoms with Crippen molar-refractivity contribution in [2.45, 2.75) is 74.7 Å². The molecule has 0 spiro atoms. The molecule has 47 heavy (non-hydrogen) atoms. The number of piperazine rings is 1. The van der Waals surface area contributed by atoms with E-state index in [9.17, 15) is 8.78 Å². The summed E-state index contributed by atoms with van der Waals surface area (Å²) in [5.74, 6) is -0.0971. The zero-order valence-electron chi connectivity index (χ0n) is 25.9. The van der Waals surface area contributed by atoms with Crippen molar-refractivity contribution in [1.29, 1.82) is 0 Å². The van der Waals surface area contributed by atoms with Gasteiger partial charge in [0.25, 0.3) is 5.92 Å². The molecule has 9 nitrogen and oxygen atoms in total. The van der Waals surface area contributed by atoms with Crippen molar-refractivity contribution < 1.29 is 22.6 Å². The average molecular weight is 642 g/mol. The smallest absolute Gasteiger partial charge is 0.319 e. The van der Waals surface area contributed by atoms with Crippen LogP contribution in [0.2, 0.25) is 0 Å². The van der Waals surface area contributed by atoms with Gasteiger partial charge in [-0.25, -0.2) is 18.2 Å². The largest absolute Gasteiger partial charge is 0.472 e. The zero-order valence-corrected chi connectivity index (χ0v) is 25.9. The quantitative estimate of drug-likeness (QED) is 0.238. The third-order valence-corrected chi connectivity index (χ3v) is 10.9. The molecule has 0 aliphatic carbocycles. The van der Waals surface area contributed by atoms with Gasteiger partial charge in [0.1, 0.15) is 35.1 Å². The highest BCUT2D eigenvalue weighted by atomic mass is 19.3. The molecule has 3 N–H and O–H groups in total. The van der Waals surface area contributed by atoms with Gasteiger partial charge in [-0.1, -0.05) is 18.1 Å². The number of aromatic nitrogens is 3. The number of fused-ring (bicyclic) bond motifs is 7. The van der Waals surface area contributed by atoms with Crippen LogP contribution < -0.4 is 25.4 Å². The Morgan fingerprint density at radius 2 is 2.06 bits per heavy atom. The zero-order chi connectivity index (χ0) is 32.2. The lowest BCUT2D eigenvalue weighted by Crippen LogP contribution is -2.62. The van der Waals surface area contributed by atoms with E-state index in [1.54, 1.807) is 18.2 Å². The fraction of sp³-hybridized carbons (Fsp3) is 0.457. The molecule has 5 aliphatic heterocycles. The number of nitrogens with zero attached hydrogens (tertiary/aromatic N) is 5. The van der Waals surface area contributed by atoms with E-state index in [1.165, 1.54) is 0 Å². The molecule has 7 heterocycles. The number of anilines is 2. The maximum Gasteiger partial charge on any atom is 0.319 e. The molecule has 4 aromatic rings. The SMILES string of the molecule is C#Cc1cccc2cc(N)cc(-c3nc4c5c(nc(OC[C@]67CCCN6CC(F)(F)C7)nc5c3F)N3C[C@H]5CC[C@H](N5)[C@H]3[C@H](C)O4)c12. The maximum absolute atomic E-state index is 17.1. The van der Waals surface area contributed by atoms with Gasteiger partial charge in [-0.2, -0.15) is 9.97 Å². The number of benzene rings is 2. The van der Waals surface area contributed by atoms with Crippen LogP contribution in [-0.4, -0.2) is 81.8 Å². The minimum atomic E-state index is -2.79. The van der Waals surface area contributed by atoms with Gasteiger partial charge in [0.15, 0.2) is 5.82 Å². The second-order valence-electron chi connectivity index (χ2n) is 13.8. The highest BCUT2D eigenvalue weighted by Crippen LogP contribution is 2.48. The molecule has 9 rings (SSSR count). The summed E-state index contributed by atoms with van der Waals surface area (Å²) in [6.45, 7) is 2.91. The van der Waals surface area contributed by atoms with Crippen LogP contribution in [0.5, 0.6) is 11.9 Å². The summed E-state index contributed by atoms with van der Waals surface area (Å²) in [4.78, 5) is 18.3. The highest BCUT2D eigenvalue weighted by molar-refractivity contribution is 6.04. The van der Waals surface area contributed by atoms with Gasteiger partial charge < -0.3 is 25.4 Å². The van der Waals surface area contributed by atoms with Crippen LogP contribution in [0.4, 0.5) is 24.7 Å². The van der Waals surface area contributed by atoms with Crippen molar-refractivity contribution in [2.24, 2.45) is 0 Å². The minimum Gasteiger partial charge on any atom is -0.472 e. The van der Waals surface area contributed by atoms with Gasteiger partial charge in [0.05, 0.1) is 18.1 Å². The number of nitrogens with two attached hydrogens (primary N) is 1. The fourth-order valence-electron chi connectivity index (χ4n) is 8.96. The number of halogens is 3. The summed E-state index contributed by atoms with van der Waals surface area (Å²) in [5, 5.41) is 5.44. The molecule has 12 heteroatoms. The summed E-state index contributed by atoms with van der Waals surface area (Å²) in [6, 6.07) is 9.14. The summed E-state index contributed by atoms with van der Waals surface area (Å²) in [7, 11) is 0. The number of ether oxygens (including phenoxy) is 2. The van der Waals surface area contributed by atoms with E-state index in [0.717, 1.165) is 24.6 Å². The number of alkyl halides is 2. The first-order valence-corrected chi connectivity index (χ1v) is 16.3. The van der Waals surface area contributed by atoms with Crippen LogP contribution in [0.15, 0.2) is 30.3 Å². The summed E-state index contributed by atoms with van der Waals surface area (Å²) in [5.41, 5.74) is 6.88. The topological polar surface area (TPSA) is 102 Å². The first-order valence-electron chi connectivity index (χ1n) is 16.3. The molecule has 2 aromatic heterocycles. The average Bonchev–Trinajstić information content (AvgIpc) is 3.66. The van der Waals surface area contributed by atoms with Crippen molar-refractivity contribution >= 4 is 33.2 Å². The Balaban J connectivity index is 1.25. The van der Waals surface area contributed by atoms with E-state index in [2.05, 4.69) is 21.1 Å². The molecule has 2 bridgehead atoms. The Morgan fingerprint density at radius 3 is 2.91 bits per heavy atom. The minimum absolute atomic E-state index is 0.00851. The number of hydrogen-bond acceptors (Lipinski definition) is 9. The van der Waals surface area contributed by atoms with Crippen molar-refractivity contribution in [3.63, 3.8) is 0 Å². The highest BCUT2D eigenvalue weighted by Gasteiger charge is 2.57. The number of hydrogen-bond donors (Lipinski definition) is 2. The number of nitrogen functional groups attached to an aromatic ring is 1. The van der Waals surface area contributed by atoms with E-state index < -0.39 is 17.3 Å². The molecule has 0 radical (unpaired) electrons. The number of rotatable bonds is 4. The normalized spacial score (nSPS) is 29.0. The lowest BCUT2D eigenvalue weighted by Gasteiger charge is -2.42. The van der Waals surface area contributed by atoms with E-state index in [0.29, 0.717) is 52.9 Å². The molecule has 5 atom stereocenters. The number of nitrogens with one attached hydrogen (secondary N) is 1. The van der Waals surface area contributed by atoms with Gasteiger partial charge in [-0.15, -0.1) is 6.42 Å². The molecule has 0 unspecified atom stereocenters. The molecular weight excluding hydrogens is 607 g/mol. The maximum atomic E-state index is 17.1. The monoisotopic (exact) mass is 641 g/mol.